The molecule has 0 saturated carbocycles. The van der Waals surface area contributed by atoms with Gasteiger partial charge in [0.05, 0.1) is 11.8 Å². The van der Waals surface area contributed by atoms with Gasteiger partial charge < -0.3 is 4.74 Å². The van der Waals surface area contributed by atoms with E-state index in [0.717, 1.165) is 0 Å². The minimum absolute atomic E-state index is 0.113. The Morgan fingerprint density at radius 1 is 1.38 bits per heavy atom. The van der Waals surface area contributed by atoms with Crippen LogP contribution in [0.15, 0.2) is 24.3 Å². The molecule has 0 heterocycles. The molecule has 3 nitrogen and oxygen atoms in total. The maximum atomic E-state index is 8.46. The van der Waals surface area contributed by atoms with Gasteiger partial charge >= 0.3 is 0 Å². The maximum absolute atomic E-state index is 8.46. The molecule has 0 aliphatic rings. The second-order valence-electron chi connectivity index (χ2n) is 2.90. The van der Waals surface area contributed by atoms with Crippen LogP contribution in [0.5, 0.6) is 5.75 Å². The van der Waals surface area contributed by atoms with Gasteiger partial charge in [0.2, 0.25) is 0 Å². The zero-order valence-corrected chi connectivity index (χ0v) is 7.74. The van der Waals surface area contributed by atoms with Gasteiger partial charge in [-0.05, 0) is 26.0 Å². The van der Waals surface area contributed by atoms with Gasteiger partial charge in [-0.1, -0.05) is 12.1 Å². The largest absolute Gasteiger partial charge is 0.489 e. The molecule has 0 aliphatic heterocycles. The van der Waals surface area contributed by atoms with Crippen molar-refractivity contribution in [2.45, 2.75) is 20.0 Å². The first-order chi connectivity index (χ1) is 6.24. The third-order valence-electron chi connectivity index (χ3n) is 1.44. The average molecular weight is 176 g/mol. The van der Waals surface area contributed by atoms with Gasteiger partial charge in [-0.3, -0.25) is 5.32 Å². The summed E-state index contributed by atoms with van der Waals surface area (Å²) < 4.78 is 5.48. The van der Waals surface area contributed by atoms with E-state index in [0.29, 0.717) is 11.4 Å². The van der Waals surface area contributed by atoms with Crippen molar-refractivity contribution >= 4 is 5.69 Å². The standard InChI is InChI=1S/C10H12N2O/c1-8(2)13-10-6-4-3-5-9(10)12-7-11/h3-6,8,12H,1-2H3. The first-order valence-electron chi connectivity index (χ1n) is 4.15. The molecule has 0 amide bonds. The number of nitrogens with zero attached hydrogens (tertiary/aromatic N) is 1. The Bertz CT molecular complexity index is 315. The Morgan fingerprint density at radius 3 is 2.69 bits per heavy atom. The minimum atomic E-state index is 0.113. The molecule has 3 heteroatoms. The molecule has 0 radical (unpaired) electrons. The van der Waals surface area contributed by atoms with Gasteiger partial charge in [-0.25, -0.2) is 0 Å². The van der Waals surface area contributed by atoms with Crippen molar-refractivity contribution in [3.8, 4) is 11.9 Å². The first-order valence-corrected chi connectivity index (χ1v) is 4.15. The lowest BCUT2D eigenvalue weighted by Crippen LogP contribution is -2.07. The molecule has 68 valence electrons. The number of hydrogen-bond acceptors (Lipinski definition) is 3. The molecule has 1 aromatic carbocycles. The van der Waals surface area contributed by atoms with Crippen LogP contribution in [-0.2, 0) is 0 Å². The van der Waals surface area contributed by atoms with Crippen LogP contribution in [0.4, 0.5) is 5.69 Å². The fourth-order valence-corrected chi connectivity index (χ4v) is 0.987. The number of anilines is 1. The fraction of sp³-hybridized carbons (Fsp3) is 0.300. The third kappa shape index (κ3) is 2.68. The van der Waals surface area contributed by atoms with E-state index in [1.54, 1.807) is 6.07 Å². The molecule has 0 saturated heterocycles. The summed E-state index contributed by atoms with van der Waals surface area (Å²) in [5, 5.41) is 11.0. The zero-order chi connectivity index (χ0) is 9.68. The van der Waals surface area contributed by atoms with Gasteiger partial charge in [0, 0.05) is 0 Å². The lowest BCUT2D eigenvalue weighted by Gasteiger charge is -2.12. The molecule has 1 N–H and O–H groups in total. The van der Waals surface area contributed by atoms with E-state index in [2.05, 4.69) is 5.32 Å². The van der Waals surface area contributed by atoms with Crippen molar-refractivity contribution in [1.29, 1.82) is 5.26 Å². The summed E-state index contributed by atoms with van der Waals surface area (Å²) >= 11 is 0. The number of nitrogens with one attached hydrogen (secondary N) is 1. The molecule has 0 aliphatic carbocycles. The topological polar surface area (TPSA) is 45.0 Å². The molecule has 0 spiro atoms. The Hall–Kier alpha value is -1.69. The predicted molar refractivity (Wildman–Crippen MR) is 51.4 cm³/mol. The monoisotopic (exact) mass is 176 g/mol. The van der Waals surface area contributed by atoms with Crippen LogP contribution < -0.4 is 10.1 Å². The van der Waals surface area contributed by atoms with E-state index < -0.39 is 0 Å². The fourth-order valence-electron chi connectivity index (χ4n) is 0.987. The Morgan fingerprint density at radius 2 is 2.08 bits per heavy atom. The second-order valence-corrected chi connectivity index (χ2v) is 2.90. The Kier molecular flexibility index (Phi) is 3.15. The predicted octanol–water partition coefficient (Wildman–Crippen LogP) is 2.37. The lowest BCUT2D eigenvalue weighted by atomic mass is 10.3. The molecule has 0 bridgehead atoms. The van der Waals surface area contributed by atoms with Gasteiger partial charge in [-0.2, -0.15) is 5.26 Å². The van der Waals surface area contributed by atoms with E-state index in [-0.39, 0.29) is 6.10 Å². The van der Waals surface area contributed by atoms with Crippen LogP contribution in [0, 0.1) is 11.5 Å². The van der Waals surface area contributed by atoms with Crippen LogP contribution in [-0.4, -0.2) is 6.10 Å². The van der Waals surface area contributed by atoms with Gasteiger partial charge in [0.25, 0.3) is 0 Å². The molecule has 1 aromatic rings. The van der Waals surface area contributed by atoms with E-state index >= 15 is 0 Å². The van der Waals surface area contributed by atoms with Crippen LogP contribution in [0.1, 0.15) is 13.8 Å². The summed E-state index contributed by atoms with van der Waals surface area (Å²) in [6, 6.07) is 7.37. The molecule has 13 heavy (non-hydrogen) atoms. The van der Waals surface area contributed by atoms with Crippen molar-refractivity contribution in [2.24, 2.45) is 0 Å². The maximum Gasteiger partial charge on any atom is 0.181 e. The summed E-state index contributed by atoms with van der Waals surface area (Å²) in [7, 11) is 0. The lowest BCUT2D eigenvalue weighted by molar-refractivity contribution is 0.244. The van der Waals surface area contributed by atoms with Crippen LogP contribution in [0.25, 0.3) is 0 Å². The molecule has 0 fully saturated rings. The van der Waals surface area contributed by atoms with Crippen molar-refractivity contribution in [2.75, 3.05) is 5.32 Å². The van der Waals surface area contributed by atoms with Crippen LogP contribution >= 0.6 is 0 Å². The van der Waals surface area contributed by atoms with Crippen molar-refractivity contribution in [3.05, 3.63) is 24.3 Å². The molecule has 0 unspecified atom stereocenters. The van der Waals surface area contributed by atoms with Crippen molar-refractivity contribution in [3.63, 3.8) is 0 Å². The number of para-hydroxylation sites is 2. The smallest absolute Gasteiger partial charge is 0.181 e. The zero-order valence-electron chi connectivity index (χ0n) is 7.74. The number of rotatable bonds is 3. The highest BCUT2D eigenvalue weighted by atomic mass is 16.5. The number of hydrogen-bond donors (Lipinski definition) is 1. The Labute approximate surface area is 77.9 Å². The molecule has 0 aromatic heterocycles. The van der Waals surface area contributed by atoms with Crippen LogP contribution in [0.2, 0.25) is 0 Å². The number of benzene rings is 1. The number of ether oxygens (including phenoxy) is 1. The highest BCUT2D eigenvalue weighted by molar-refractivity contribution is 5.58. The minimum Gasteiger partial charge on any atom is -0.489 e. The number of nitriles is 1. The van der Waals surface area contributed by atoms with E-state index in [4.69, 9.17) is 10.00 Å². The van der Waals surface area contributed by atoms with Crippen molar-refractivity contribution < 1.29 is 4.74 Å². The van der Waals surface area contributed by atoms with Gasteiger partial charge in [0.15, 0.2) is 6.19 Å². The van der Waals surface area contributed by atoms with Crippen molar-refractivity contribution in [1.82, 2.24) is 0 Å². The molecular formula is C10H12N2O. The van der Waals surface area contributed by atoms with E-state index in [1.807, 2.05) is 38.2 Å². The van der Waals surface area contributed by atoms with Gasteiger partial charge in [0.1, 0.15) is 5.75 Å². The summed E-state index contributed by atoms with van der Waals surface area (Å²) in [6.07, 6.45) is 1.98. The highest BCUT2D eigenvalue weighted by Crippen LogP contribution is 2.24. The average Bonchev–Trinajstić information content (AvgIpc) is 2.08. The highest BCUT2D eigenvalue weighted by Gasteiger charge is 2.02. The first kappa shape index (κ1) is 9.40. The molecule has 0 atom stereocenters. The Balaban J connectivity index is 2.85. The van der Waals surface area contributed by atoms with E-state index in [1.165, 1.54) is 0 Å². The summed E-state index contributed by atoms with van der Waals surface area (Å²) in [6.45, 7) is 3.90. The molecule has 1 rings (SSSR count). The van der Waals surface area contributed by atoms with Crippen LogP contribution in [0.3, 0.4) is 0 Å². The summed E-state index contributed by atoms with van der Waals surface area (Å²) in [5.74, 6) is 0.707. The van der Waals surface area contributed by atoms with Gasteiger partial charge in [-0.15, -0.1) is 0 Å². The summed E-state index contributed by atoms with van der Waals surface area (Å²) in [4.78, 5) is 0. The second kappa shape index (κ2) is 4.36. The SMILES string of the molecule is CC(C)Oc1ccccc1NC#N. The summed E-state index contributed by atoms with van der Waals surface area (Å²) in [5.41, 5.74) is 0.707. The third-order valence-corrected chi connectivity index (χ3v) is 1.44. The molecular weight excluding hydrogens is 164 g/mol. The normalized spacial score (nSPS) is 9.38. The quantitative estimate of drug-likeness (QED) is 0.568. The van der Waals surface area contributed by atoms with E-state index in [9.17, 15) is 0 Å².